The third-order valence-corrected chi connectivity index (χ3v) is 3.21. The van der Waals surface area contributed by atoms with Gasteiger partial charge < -0.3 is 4.74 Å². The van der Waals surface area contributed by atoms with E-state index in [1.54, 1.807) is 13.0 Å². The molecule has 1 aromatic carbocycles. The van der Waals surface area contributed by atoms with Crippen molar-refractivity contribution in [2.75, 3.05) is 6.61 Å². The van der Waals surface area contributed by atoms with E-state index in [4.69, 9.17) is 16.3 Å². The van der Waals surface area contributed by atoms with Crippen molar-refractivity contribution in [3.05, 3.63) is 28.9 Å². The van der Waals surface area contributed by atoms with Crippen molar-refractivity contribution in [2.24, 2.45) is 0 Å². The highest BCUT2D eigenvalue weighted by Gasteiger charge is 2.11. The van der Waals surface area contributed by atoms with Gasteiger partial charge in [-0.1, -0.05) is 17.7 Å². The molecule has 2 aromatic rings. The monoisotopic (exact) mass is 255 g/mol. The van der Waals surface area contributed by atoms with Crippen LogP contribution in [0.1, 0.15) is 12.6 Å². The molecule has 0 radical (unpaired) electrons. The third kappa shape index (κ3) is 2.33. The molecule has 0 saturated carbocycles. The maximum atomic E-state index is 11.3. The van der Waals surface area contributed by atoms with Gasteiger partial charge in [0, 0.05) is 10.4 Å². The summed E-state index contributed by atoms with van der Waals surface area (Å²) in [5.41, 5.74) is 0.759. The largest absolute Gasteiger partial charge is 0.466 e. The predicted molar refractivity (Wildman–Crippen MR) is 65.0 cm³/mol. The van der Waals surface area contributed by atoms with Gasteiger partial charge in [0.1, 0.15) is 0 Å². The van der Waals surface area contributed by atoms with Crippen molar-refractivity contribution in [1.82, 2.24) is 4.37 Å². The third-order valence-electron chi connectivity index (χ3n) is 2.13. The molecule has 0 aliphatic carbocycles. The lowest BCUT2D eigenvalue weighted by Gasteiger charge is -1.99. The molecule has 5 heteroatoms. The molecule has 1 heterocycles. The summed E-state index contributed by atoms with van der Waals surface area (Å²) in [6, 6.07) is 5.53. The average molecular weight is 256 g/mol. The van der Waals surface area contributed by atoms with E-state index >= 15 is 0 Å². The maximum absolute atomic E-state index is 11.3. The normalized spacial score (nSPS) is 10.6. The van der Waals surface area contributed by atoms with Crippen LogP contribution in [0, 0.1) is 0 Å². The van der Waals surface area contributed by atoms with Crippen molar-refractivity contribution in [3.63, 3.8) is 0 Å². The minimum Gasteiger partial charge on any atom is -0.466 e. The Kier molecular flexibility index (Phi) is 3.41. The highest BCUT2D eigenvalue weighted by Crippen LogP contribution is 2.26. The van der Waals surface area contributed by atoms with Gasteiger partial charge in [-0.15, -0.1) is 0 Å². The Bertz CT molecular complexity index is 524. The molecule has 0 bridgehead atoms. The zero-order valence-electron chi connectivity index (χ0n) is 8.70. The van der Waals surface area contributed by atoms with Gasteiger partial charge in [0.15, 0.2) is 0 Å². The predicted octanol–water partition coefficient (Wildman–Crippen LogP) is 3.06. The van der Waals surface area contributed by atoms with Crippen molar-refractivity contribution in [3.8, 4) is 0 Å². The Morgan fingerprint density at radius 2 is 2.38 bits per heavy atom. The van der Waals surface area contributed by atoms with E-state index in [0.717, 1.165) is 15.8 Å². The van der Waals surface area contributed by atoms with Gasteiger partial charge in [0.25, 0.3) is 0 Å². The lowest BCUT2D eigenvalue weighted by atomic mass is 10.2. The van der Waals surface area contributed by atoms with Gasteiger partial charge in [-0.3, -0.25) is 4.79 Å². The topological polar surface area (TPSA) is 39.2 Å². The van der Waals surface area contributed by atoms with Crippen LogP contribution < -0.4 is 0 Å². The van der Waals surface area contributed by atoms with Crippen LogP contribution in [0.25, 0.3) is 10.1 Å². The van der Waals surface area contributed by atoms with Gasteiger partial charge >= 0.3 is 5.97 Å². The SMILES string of the molecule is CCOC(=O)Cc1nsc2cc(Cl)ccc12. The van der Waals surface area contributed by atoms with Gasteiger partial charge in [-0.25, -0.2) is 0 Å². The fourth-order valence-corrected chi connectivity index (χ4v) is 2.51. The molecular formula is C11H10ClNO2S. The summed E-state index contributed by atoms with van der Waals surface area (Å²) < 4.78 is 10.1. The van der Waals surface area contributed by atoms with E-state index < -0.39 is 0 Å². The summed E-state index contributed by atoms with van der Waals surface area (Å²) in [6.07, 6.45) is 0.218. The maximum Gasteiger partial charge on any atom is 0.311 e. The molecule has 16 heavy (non-hydrogen) atoms. The molecule has 1 aromatic heterocycles. The van der Waals surface area contributed by atoms with Crippen LogP contribution >= 0.6 is 23.1 Å². The highest BCUT2D eigenvalue weighted by atomic mass is 35.5. The quantitative estimate of drug-likeness (QED) is 0.792. The van der Waals surface area contributed by atoms with Crippen molar-refractivity contribution >= 4 is 39.2 Å². The Balaban J connectivity index is 2.28. The number of carbonyl (C=O) groups is 1. The summed E-state index contributed by atoms with van der Waals surface area (Å²) in [5.74, 6) is -0.246. The Morgan fingerprint density at radius 3 is 3.12 bits per heavy atom. The van der Waals surface area contributed by atoms with Gasteiger partial charge in [-0.2, -0.15) is 4.37 Å². The van der Waals surface area contributed by atoms with Gasteiger partial charge in [0.05, 0.1) is 23.4 Å². The second-order valence-electron chi connectivity index (χ2n) is 3.25. The van der Waals surface area contributed by atoms with Crippen LogP contribution in [0.15, 0.2) is 18.2 Å². The van der Waals surface area contributed by atoms with Crippen LogP contribution in [0.5, 0.6) is 0 Å². The average Bonchev–Trinajstić information content (AvgIpc) is 2.61. The number of aromatic nitrogens is 1. The first-order chi connectivity index (χ1) is 7.70. The van der Waals surface area contributed by atoms with E-state index in [9.17, 15) is 4.79 Å². The number of esters is 1. The standard InChI is InChI=1S/C11H10ClNO2S/c1-2-15-11(14)6-9-8-4-3-7(12)5-10(8)16-13-9/h3-5H,2,6H2,1H3. The van der Waals surface area contributed by atoms with Crippen LogP contribution in [0.2, 0.25) is 5.02 Å². The first-order valence-electron chi connectivity index (χ1n) is 4.90. The van der Waals surface area contributed by atoms with Gasteiger partial charge in [-0.05, 0) is 30.6 Å². The molecule has 2 rings (SSSR count). The van der Waals surface area contributed by atoms with Crippen molar-refractivity contribution in [2.45, 2.75) is 13.3 Å². The summed E-state index contributed by atoms with van der Waals surface area (Å²) >= 11 is 7.22. The zero-order valence-corrected chi connectivity index (χ0v) is 10.3. The molecule has 0 atom stereocenters. The Hall–Kier alpha value is -1.13. The fraction of sp³-hybridized carbons (Fsp3) is 0.273. The van der Waals surface area contributed by atoms with E-state index in [1.165, 1.54) is 11.5 Å². The highest BCUT2D eigenvalue weighted by molar-refractivity contribution is 7.13. The molecule has 84 valence electrons. The van der Waals surface area contributed by atoms with E-state index in [0.29, 0.717) is 11.6 Å². The lowest BCUT2D eigenvalue weighted by Crippen LogP contribution is -2.07. The first kappa shape index (κ1) is 11.4. The molecule has 0 unspecified atom stereocenters. The number of fused-ring (bicyclic) bond motifs is 1. The minimum absolute atomic E-state index is 0.218. The molecule has 0 amide bonds. The summed E-state index contributed by atoms with van der Waals surface area (Å²) in [5, 5.41) is 1.65. The molecule has 0 spiro atoms. The molecule has 0 N–H and O–H groups in total. The molecule has 3 nitrogen and oxygen atoms in total. The minimum atomic E-state index is -0.246. The second-order valence-corrected chi connectivity index (χ2v) is 4.49. The van der Waals surface area contributed by atoms with Crippen molar-refractivity contribution < 1.29 is 9.53 Å². The lowest BCUT2D eigenvalue weighted by molar-refractivity contribution is -0.142. The number of ether oxygens (including phenoxy) is 1. The van der Waals surface area contributed by atoms with Crippen LogP contribution in [0.4, 0.5) is 0 Å². The molecule has 0 saturated heterocycles. The van der Waals surface area contributed by atoms with E-state index in [-0.39, 0.29) is 12.4 Å². The number of rotatable bonds is 3. The second kappa shape index (κ2) is 4.80. The zero-order chi connectivity index (χ0) is 11.5. The number of carbonyl (C=O) groups excluding carboxylic acids is 1. The van der Waals surface area contributed by atoms with Gasteiger partial charge in [0.2, 0.25) is 0 Å². The summed E-state index contributed by atoms with van der Waals surface area (Å²) in [6.45, 7) is 2.18. The smallest absolute Gasteiger partial charge is 0.311 e. The molecular weight excluding hydrogens is 246 g/mol. The number of hydrogen-bond donors (Lipinski definition) is 0. The Labute approximate surface area is 102 Å². The number of benzene rings is 1. The number of hydrogen-bond acceptors (Lipinski definition) is 4. The van der Waals surface area contributed by atoms with E-state index in [1.807, 2.05) is 12.1 Å². The van der Waals surface area contributed by atoms with E-state index in [2.05, 4.69) is 4.37 Å². The first-order valence-corrected chi connectivity index (χ1v) is 6.05. The summed E-state index contributed by atoms with van der Waals surface area (Å²) in [4.78, 5) is 11.3. The molecule has 0 aliphatic heterocycles. The number of nitrogens with zero attached hydrogens (tertiary/aromatic N) is 1. The van der Waals surface area contributed by atoms with Crippen LogP contribution in [-0.4, -0.2) is 16.9 Å². The van der Waals surface area contributed by atoms with Crippen molar-refractivity contribution in [1.29, 1.82) is 0 Å². The van der Waals surface area contributed by atoms with Crippen LogP contribution in [-0.2, 0) is 16.0 Å². The van der Waals surface area contributed by atoms with Crippen LogP contribution in [0.3, 0.4) is 0 Å². The molecule has 0 fully saturated rings. The Morgan fingerprint density at radius 1 is 1.56 bits per heavy atom. The number of halogens is 1. The summed E-state index contributed by atoms with van der Waals surface area (Å²) in [7, 11) is 0. The fourth-order valence-electron chi connectivity index (χ4n) is 1.44. The molecule has 0 aliphatic rings.